The lowest BCUT2D eigenvalue weighted by molar-refractivity contribution is -0.123. The van der Waals surface area contributed by atoms with Crippen molar-refractivity contribution >= 4 is 17.5 Å². The molecule has 2 N–H and O–H groups in total. The summed E-state index contributed by atoms with van der Waals surface area (Å²) in [7, 11) is 0. The molecular weight excluding hydrogens is 539 g/mol. The monoisotopic (exact) mass is 567 g/mol. The summed E-state index contributed by atoms with van der Waals surface area (Å²) >= 11 is 0. The maximum atomic E-state index is 13.7. The zero-order valence-electron chi connectivity index (χ0n) is 22.0. The first-order chi connectivity index (χ1) is 19.8. The highest BCUT2D eigenvalue weighted by atomic mass is 19.2. The second-order valence-electron chi connectivity index (χ2n) is 10.8. The Hall–Kier alpha value is -4.12. The van der Waals surface area contributed by atoms with Crippen LogP contribution in [-0.4, -0.2) is 42.2 Å². The third-order valence-corrected chi connectivity index (χ3v) is 8.23. The van der Waals surface area contributed by atoms with Crippen molar-refractivity contribution in [3.63, 3.8) is 0 Å². The molecule has 2 amide bonds. The third-order valence-electron chi connectivity index (χ3n) is 8.23. The van der Waals surface area contributed by atoms with E-state index < -0.39 is 35.0 Å². The number of benzene rings is 2. The Morgan fingerprint density at radius 1 is 1.07 bits per heavy atom. The number of nitrogens with zero attached hydrogens (tertiary/aromatic N) is 1. The highest BCUT2D eigenvalue weighted by molar-refractivity contribution is 5.97. The standard InChI is InChI=1S/C30H28F3N3O5/c31-23-10-16(11-24(32)27(23)33)13-36-8-1-2-21(30(36)39)29(38)35-26(17-7-9-40-14-17)15-41-18-3-6-25-22(12-18)19-4-5-20(19)28(37)34-25/h1-3,6,8,10-12,17,19-20,26H,4-5,7,9,13-15H2,(H,34,37)(H,35,38). The largest absolute Gasteiger partial charge is 0.491 e. The Morgan fingerprint density at radius 3 is 2.56 bits per heavy atom. The lowest BCUT2D eigenvalue weighted by Gasteiger charge is -2.40. The van der Waals surface area contributed by atoms with Crippen LogP contribution in [0.3, 0.4) is 0 Å². The second-order valence-corrected chi connectivity index (χ2v) is 10.8. The Labute approximate surface area is 233 Å². The van der Waals surface area contributed by atoms with Crippen LogP contribution in [0, 0.1) is 29.3 Å². The number of ether oxygens (including phenoxy) is 2. The van der Waals surface area contributed by atoms with E-state index in [9.17, 15) is 27.6 Å². The molecule has 1 saturated heterocycles. The number of anilines is 1. The predicted molar refractivity (Wildman–Crippen MR) is 142 cm³/mol. The summed E-state index contributed by atoms with van der Waals surface area (Å²) in [5, 5.41) is 5.87. The summed E-state index contributed by atoms with van der Waals surface area (Å²) in [4.78, 5) is 38.6. The number of nitrogens with one attached hydrogen (secondary N) is 2. The van der Waals surface area contributed by atoms with Gasteiger partial charge in [0.15, 0.2) is 17.5 Å². The molecule has 0 radical (unpaired) electrons. The van der Waals surface area contributed by atoms with E-state index in [1.165, 1.54) is 18.3 Å². The number of amides is 2. The molecule has 1 aromatic heterocycles. The highest BCUT2D eigenvalue weighted by Gasteiger charge is 2.42. The van der Waals surface area contributed by atoms with Crippen LogP contribution < -0.4 is 20.9 Å². The minimum absolute atomic E-state index is 0.00329. The van der Waals surface area contributed by atoms with Gasteiger partial charge in [0.1, 0.15) is 17.9 Å². The van der Waals surface area contributed by atoms with Crippen LogP contribution in [0.15, 0.2) is 53.5 Å². The van der Waals surface area contributed by atoms with Crippen molar-refractivity contribution in [2.75, 3.05) is 25.1 Å². The fourth-order valence-electron chi connectivity index (χ4n) is 5.79. The lowest BCUT2D eigenvalue weighted by atomic mass is 9.67. The Morgan fingerprint density at radius 2 is 1.85 bits per heavy atom. The third kappa shape index (κ3) is 5.33. The summed E-state index contributed by atoms with van der Waals surface area (Å²) in [6.45, 7) is 0.850. The van der Waals surface area contributed by atoms with Gasteiger partial charge >= 0.3 is 0 Å². The number of hydrogen-bond donors (Lipinski definition) is 2. The van der Waals surface area contributed by atoms with E-state index in [2.05, 4.69) is 10.6 Å². The minimum Gasteiger partial charge on any atom is -0.491 e. The molecule has 2 aliphatic heterocycles. The van der Waals surface area contributed by atoms with E-state index in [-0.39, 0.29) is 47.9 Å². The van der Waals surface area contributed by atoms with E-state index in [4.69, 9.17) is 9.47 Å². The van der Waals surface area contributed by atoms with Crippen LogP contribution >= 0.6 is 0 Å². The molecule has 3 heterocycles. The van der Waals surface area contributed by atoms with Crippen molar-refractivity contribution in [3.05, 3.63) is 93.2 Å². The number of halogens is 3. The molecule has 2 aromatic carbocycles. The van der Waals surface area contributed by atoms with Gasteiger partial charge in [0, 0.05) is 30.3 Å². The van der Waals surface area contributed by atoms with E-state index >= 15 is 0 Å². The van der Waals surface area contributed by atoms with Crippen LogP contribution in [-0.2, 0) is 16.1 Å². The quantitative estimate of drug-likeness (QED) is 0.402. The summed E-state index contributed by atoms with van der Waals surface area (Å²) in [5.41, 5.74) is 1.07. The molecular formula is C30H28F3N3O5. The highest BCUT2D eigenvalue weighted by Crippen LogP contribution is 2.49. The Balaban J connectivity index is 1.17. The second kappa shape index (κ2) is 11.0. The fraction of sp³-hybridized carbons (Fsp3) is 0.367. The van der Waals surface area contributed by atoms with E-state index in [0.717, 1.165) is 40.8 Å². The van der Waals surface area contributed by atoms with Gasteiger partial charge in [-0.05, 0) is 78.8 Å². The zero-order chi connectivity index (χ0) is 28.7. The van der Waals surface area contributed by atoms with Crippen molar-refractivity contribution < 1.29 is 32.2 Å². The molecule has 3 aliphatic rings. The smallest absolute Gasteiger partial charge is 0.263 e. The van der Waals surface area contributed by atoms with Gasteiger partial charge in [-0.15, -0.1) is 0 Å². The molecule has 1 saturated carbocycles. The molecule has 2 fully saturated rings. The molecule has 3 aromatic rings. The van der Waals surface area contributed by atoms with Gasteiger partial charge in [-0.2, -0.15) is 0 Å². The summed E-state index contributed by atoms with van der Waals surface area (Å²) in [5.74, 6) is -4.12. The molecule has 4 unspecified atom stereocenters. The first-order valence-electron chi connectivity index (χ1n) is 13.6. The van der Waals surface area contributed by atoms with Crippen LogP contribution in [0.25, 0.3) is 0 Å². The average Bonchev–Trinajstić information content (AvgIpc) is 3.46. The van der Waals surface area contributed by atoms with Gasteiger partial charge in [0.05, 0.1) is 19.2 Å². The maximum Gasteiger partial charge on any atom is 0.263 e. The number of pyridine rings is 1. The molecule has 41 heavy (non-hydrogen) atoms. The van der Waals surface area contributed by atoms with Crippen molar-refractivity contribution in [2.45, 2.75) is 37.8 Å². The van der Waals surface area contributed by atoms with Crippen LogP contribution in [0.4, 0.5) is 18.9 Å². The summed E-state index contributed by atoms with van der Waals surface area (Å²) in [6, 6.07) is 9.55. The average molecular weight is 568 g/mol. The molecule has 0 bridgehead atoms. The van der Waals surface area contributed by atoms with Gasteiger partial charge < -0.3 is 24.7 Å². The Kier molecular flexibility index (Phi) is 7.29. The van der Waals surface area contributed by atoms with Gasteiger partial charge in [-0.1, -0.05) is 0 Å². The number of carbonyl (C=O) groups excluding carboxylic acids is 2. The van der Waals surface area contributed by atoms with Crippen molar-refractivity contribution in [2.24, 2.45) is 11.8 Å². The number of rotatable bonds is 8. The number of carbonyl (C=O) groups is 2. The van der Waals surface area contributed by atoms with Crippen molar-refractivity contribution in [1.29, 1.82) is 0 Å². The van der Waals surface area contributed by atoms with E-state index in [0.29, 0.717) is 25.4 Å². The molecule has 6 rings (SSSR count). The SMILES string of the molecule is O=C(NC(COc1ccc2c(c1)C1CCC1C(=O)N2)C1CCOC1)c1cccn(Cc2cc(F)c(F)c(F)c2)c1=O. The molecule has 1 aliphatic carbocycles. The van der Waals surface area contributed by atoms with Crippen LogP contribution in [0.2, 0.25) is 0 Å². The van der Waals surface area contributed by atoms with E-state index in [1.807, 2.05) is 12.1 Å². The first-order valence-corrected chi connectivity index (χ1v) is 13.6. The van der Waals surface area contributed by atoms with Gasteiger partial charge in [0.2, 0.25) is 5.91 Å². The van der Waals surface area contributed by atoms with E-state index in [1.54, 1.807) is 6.07 Å². The first kappa shape index (κ1) is 27.1. The number of aromatic nitrogens is 1. The molecule has 4 atom stereocenters. The van der Waals surface area contributed by atoms with Gasteiger partial charge in [-0.25, -0.2) is 13.2 Å². The van der Waals surface area contributed by atoms with Crippen LogP contribution in [0.1, 0.15) is 46.7 Å². The topological polar surface area (TPSA) is 98.7 Å². The van der Waals surface area contributed by atoms with Gasteiger partial charge in [-0.3, -0.25) is 14.4 Å². The minimum atomic E-state index is -1.59. The van der Waals surface area contributed by atoms with Crippen LogP contribution in [0.5, 0.6) is 5.75 Å². The molecule has 214 valence electrons. The van der Waals surface area contributed by atoms with Gasteiger partial charge in [0.25, 0.3) is 11.5 Å². The fourth-order valence-corrected chi connectivity index (χ4v) is 5.79. The summed E-state index contributed by atoms with van der Waals surface area (Å²) < 4.78 is 53.5. The number of hydrogen-bond acceptors (Lipinski definition) is 5. The van der Waals surface area contributed by atoms with Crippen molar-refractivity contribution in [3.8, 4) is 5.75 Å². The predicted octanol–water partition coefficient (Wildman–Crippen LogP) is 3.97. The normalized spacial score (nSPS) is 21.7. The maximum absolute atomic E-state index is 13.7. The number of fused-ring (bicyclic) bond motifs is 3. The molecule has 11 heteroatoms. The van der Waals surface area contributed by atoms with Crippen molar-refractivity contribution in [1.82, 2.24) is 9.88 Å². The zero-order valence-corrected chi connectivity index (χ0v) is 22.0. The summed E-state index contributed by atoms with van der Waals surface area (Å²) in [6.07, 6.45) is 3.91. The Bertz CT molecular complexity index is 1550. The lowest BCUT2D eigenvalue weighted by Crippen LogP contribution is -2.46. The molecule has 8 nitrogen and oxygen atoms in total. The molecule has 0 spiro atoms.